The molecule has 17 heteroatoms. The molecule has 0 aromatic carbocycles. The third-order valence-electron chi connectivity index (χ3n) is 4.28. The van der Waals surface area contributed by atoms with Gasteiger partial charge < -0.3 is 10.0 Å². The highest BCUT2D eigenvalue weighted by atomic mass is 19.4. The number of amides is 1. The Labute approximate surface area is 159 Å². The van der Waals surface area contributed by atoms with Gasteiger partial charge in [-0.3, -0.25) is 9.69 Å². The highest BCUT2D eigenvalue weighted by Crippen LogP contribution is 2.60. The summed E-state index contributed by atoms with van der Waals surface area (Å²) < 4.78 is 169. The van der Waals surface area contributed by atoms with Crippen molar-refractivity contribution in [2.45, 2.75) is 35.8 Å². The Balaban J connectivity index is 3.25. The van der Waals surface area contributed by atoms with Gasteiger partial charge in [-0.1, -0.05) is 0 Å². The molecule has 1 rings (SSSR count). The van der Waals surface area contributed by atoms with Crippen LogP contribution >= 0.6 is 0 Å². The fourth-order valence-corrected chi connectivity index (χ4v) is 2.42. The van der Waals surface area contributed by atoms with E-state index in [1.54, 1.807) is 0 Å². The lowest BCUT2D eigenvalue weighted by atomic mass is 9.93. The number of aliphatic hydroxyl groups excluding tert-OH is 1. The first-order chi connectivity index (χ1) is 13.2. The molecule has 0 aliphatic carbocycles. The molecule has 1 fully saturated rings. The molecule has 1 heterocycles. The van der Waals surface area contributed by atoms with Crippen molar-refractivity contribution >= 4 is 5.91 Å². The summed E-state index contributed by atoms with van der Waals surface area (Å²) in [6.45, 7) is -2.82. The highest BCUT2D eigenvalue weighted by molar-refractivity contribution is 5.85. The van der Waals surface area contributed by atoms with Crippen LogP contribution in [-0.2, 0) is 4.79 Å². The van der Waals surface area contributed by atoms with Crippen LogP contribution in [0.25, 0.3) is 0 Å². The number of carbonyl (C=O) groups excluding carboxylic acids is 1. The Hall–Kier alpha value is -1.52. The summed E-state index contributed by atoms with van der Waals surface area (Å²) in [7, 11) is 0. The van der Waals surface area contributed by atoms with E-state index in [1.807, 2.05) is 0 Å². The molecular formula is C13H13F13N2O2. The third-order valence-corrected chi connectivity index (χ3v) is 4.28. The highest BCUT2D eigenvalue weighted by Gasteiger charge is 2.91. The number of halogens is 13. The van der Waals surface area contributed by atoms with Crippen LogP contribution in [0.1, 0.15) is 0 Å². The Bertz CT molecular complexity index is 627. The second-order valence-corrected chi connectivity index (χ2v) is 6.23. The Kier molecular flexibility index (Phi) is 6.96. The van der Waals surface area contributed by atoms with Crippen molar-refractivity contribution in [1.29, 1.82) is 0 Å². The lowest BCUT2D eigenvalue weighted by Crippen LogP contribution is -2.72. The SMILES string of the molecule is O=C(N1CCN(CCO)CC1)C(F)(F)C(F)(F)C(F)(F)C(F)(F)C(F)(F)C(F)(F)F. The van der Waals surface area contributed by atoms with Gasteiger partial charge in [0.1, 0.15) is 0 Å². The second kappa shape index (κ2) is 7.87. The van der Waals surface area contributed by atoms with Gasteiger partial charge in [0.25, 0.3) is 5.91 Å². The monoisotopic (exact) mass is 476 g/mol. The van der Waals surface area contributed by atoms with E-state index < -0.39 is 61.4 Å². The van der Waals surface area contributed by atoms with Crippen LogP contribution in [0.5, 0.6) is 0 Å². The van der Waals surface area contributed by atoms with Crippen LogP contribution in [0.4, 0.5) is 57.1 Å². The van der Waals surface area contributed by atoms with E-state index in [0.29, 0.717) is 0 Å². The average Bonchev–Trinajstić information content (AvgIpc) is 2.60. The molecule has 178 valence electrons. The van der Waals surface area contributed by atoms with Gasteiger partial charge in [-0.05, 0) is 0 Å². The molecule has 0 radical (unpaired) electrons. The molecular weight excluding hydrogens is 463 g/mol. The zero-order valence-corrected chi connectivity index (χ0v) is 14.4. The number of hydrogen-bond donors (Lipinski definition) is 1. The molecule has 1 aliphatic rings. The second-order valence-electron chi connectivity index (χ2n) is 6.23. The molecule has 0 unspecified atom stereocenters. The van der Waals surface area contributed by atoms with Crippen molar-refractivity contribution in [2.75, 3.05) is 39.3 Å². The summed E-state index contributed by atoms with van der Waals surface area (Å²) in [5.74, 6) is -41.4. The van der Waals surface area contributed by atoms with Gasteiger partial charge in [0.15, 0.2) is 0 Å². The van der Waals surface area contributed by atoms with Crippen LogP contribution < -0.4 is 0 Å². The number of β-amino-alcohol motifs (C(OH)–C–C–N with tert-alkyl or cyclic N) is 1. The number of nitrogens with zero attached hydrogens (tertiary/aromatic N) is 2. The molecule has 1 N–H and O–H groups in total. The van der Waals surface area contributed by atoms with Gasteiger partial charge in [-0.25, -0.2) is 0 Å². The first kappa shape index (κ1) is 26.5. The van der Waals surface area contributed by atoms with Crippen molar-refractivity contribution in [3.05, 3.63) is 0 Å². The topological polar surface area (TPSA) is 43.8 Å². The van der Waals surface area contributed by atoms with E-state index in [0.717, 1.165) is 0 Å². The zero-order valence-electron chi connectivity index (χ0n) is 14.4. The maximum absolute atomic E-state index is 13.8. The van der Waals surface area contributed by atoms with E-state index in [2.05, 4.69) is 0 Å². The number of aliphatic hydroxyl groups is 1. The summed E-state index contributed by atoms with van der Waals surface area (Å²) in [5, 5.41) is 8.68. The summed E-state index contributed by atoms with van der Waals surface area (Å²) in [4.78, 5) is 12.7. The molecule has 0 aromatic rings. The van der Waals surface area contributed by atoms with Gasteiger partial charge in [-0.2, -0.15) is 57.1 Å². The molecule has 0 aromatic heterocycles. The summed E-state index contributed by atoms with van der Waals surface area (Å²) >= 11 is 0. The van der Waals surface area contributed by atoms with E-state index >= 15 is 0 Å². The minimum atomic E-state index is -8.04. The Morgan fingerprint density at radius 3 is 1.43 bits per heavy atom. The minimum absolute atomic E-state index is 0.0502. The first-order valence-corrected chi connectivity index (χ1v) is 7.78. The molecule has 1 aliphatic heterocycles. The lowest BCUT2D eigenvalue weighted by Gasteiger charge is -2.41. The molecule has 0 atom stereocenters. The first-order valence-electron chi connectivity index (χ1n) is 7.78. The van der Waals surface area contributed by atoms with Crippen LogP contribution in [-0.4, -0.2) is 95.9 Å². The Morgan fingerprint density at radius 1 is 0.667 bits per heavy atom. The van der Waals surface area contributed by atoms with Crippen LogP contribution in [0, 0.1) is 0 Å². The maximum Gasteiger partial charge on any atom is 0.460 e. The predicted molar refractivity (Wildman–Crippen MR) is 70.9 cm³/mol. The van der Waals surface area contributed by atoms with Crippen molar-refractivity contribution in [3.63, 3.8) is 0 Å². The summed E-state index contributed by atoms with van der Waals surface area (Å²) in [5.41, 5.74) is 0. The molecule has 30 heavy (non-hydrogen) atoms. The van der Waals surface area contributed by atoms with Crippen molar-refractivity contribution in [3.8, 4) is 0 Å². The van der Waals surface area contributed by atoms with E-state index in [9.17, 15) is 61.9 Å². The molecule has 1 amide bonds. The number of alkyl halides is 13. The zero-order chi connectivity index (χ0) is 24.0. The number of carbonyl (C=O) groups is 1. The van der Waals surface area contributed by atoms with Crippen molar-refractivity contribution in [2.24, 2.45) is 0 Å². The minimum Gasteiger partial charge on any atom is -0.395 e. The fraction of sp³-hybridized carbons (Fsp3) is 0.923. The summed E-state index contributed by atoms with van der Waals surface area (Å²) in [6.07, 6.45) is -7.50. The number of piperazine rings is 1. The van der Waals surface area contributed by atoms with Gasteiger partial charge in [-0.15, -0.1) is 0 Å². The molecule has 1 saturated heterocycles. The number of hydrogen-bond acceptors (Lipinski definition) is 3. The van der Waals surface area contributed by atoms with Gasteiger partial charge in [0.05, 0.1) is 6.61 Å². The largest absolute Gasteiger partial charge is 0.460 e. The fourth-order valence-electron chi connectivity index (χ4n) is 2.42. The molecule has 0 bridgehead atoms. The smallest absolute Gasteiger partial charge is 0.395 e. The van der Waals surface area contributed by atoms with Crippen LogP contribution in [0.15, 0.2) is 0 Å². The Morgan fingerprint density at radius 2 is 1.07 bits per heavy atom. The van der Waals surface area contributed by atoms with Crippen LogP contribution in [0.2, 0.25) is 0 Å². The maximum atomic E-state index is 13.8. The van der Waals surface area contributed by atoms with Gasteiger partial charge in [0, 0.05) is 32.7 Å². The third kappa shape index (κ3) is 3.89. The normalized spacial score (nSPS) is 18.7. The summed E-state index contributed by atoms with van der Waals surface area (Å²) in [6, 6.07) is 0. The molecule has 0 spiro atoms. The van der Waals surface area contributed by atoms with E-state index in [1.165, 1.54) is 4.90 Å². The van der Waals surface area contributed by atoms with Crippen LogP contribution in [0.3, 0.4) is 0 Å². The predicted octanol–water partition coefficient (Wildman–Crippen LogP) is 2.86. The standard InChI is InChI=1S/C13H13F13N2O2/c14-8(15,7(30)28-3-1-27(2-4-28)5-6-29)9(16,17)10(18,19)11(20,21)12(22,23)13(24,25)26/h29H,1-6H2. The van der Waals surface area contributed by atoms with Crippen molar-refractivity contribution < 1.29 is 67.0 Å². The van der Waals surface area contributed by atoms with Gasteiger partial charge in [0.2, 0.25) is 0 Å². The van der Waals surface area contributed by atoms with Gasteiger partial charge >= 0.3 is 35.8 Å². The van der Waals surface area contributed by atoms with E-state index in [4.69, 9.17) is 5.11 Å². The lowest BCUT2D eigenvalue weighted by molar-refractivity contribution is -0.436. The molecule has 4 nitrogen and oxygen atoms in total. The van der Waals surface area contributed by atoms with E-state index in [-0.39, 0.29) is 24.5 Å². The quantitative estimate of drug-likeness (QED) is 0.576. The number of rotatable bonds is 7. The van der Waals surface area contributed by atoms with Crippen molar-refractivity contribution in [1.82, 2.24) is 9.80 Å². The molecule has 0 saturated carbocycles. The average molecular weight is 476 g/mol.